The Morgan fingerprint density at radius 1 is 1.33 bits per heavy atom. The number of amides is 1. The Bertz CT molecular complexity index is 945. The van der Waals surface area contributed by atoms with Crippen LogP contribution in [0.2, 0.25) is 0 Å². The van der Waals surface area contributed by atoms with Gasteiger partial charge >= 0.3 is 0 Å². The lowest BCUT2D eigenvalue weighted by Crippen LogP contribution is -2.26. The van der Waals surface area contributed by atoms with E-state index in [-0.39, 0.29) is 11.6 Å². The van der Waals surface area contributed by atoms with Gasteiger partial charge < -0.3 is 15.4 Å². The van der Waals surface area contributed by atoms with Gasteiger partial charge in [0.05, 0.1) is 0 Å². The number of rotatable bonds is 6. The molecule has 4 rings (SSSR count). The summed E-state index contributed by atoms with van der Waals surface area (Å²) >= 11 is 1.45. The summed E-state index contributed by atoms with van der Waals surface area (Å²) in [4.78, 5) is 11.8. The molecule has 27 heavy (non-hydrogen) atoms. The number of aliphatic hydroxyl groups excluding tert-OH is 1. The van der Waals surface area contributed by atoms with Gasteiger partial charge in [0.2, 0.25) is 0 Å². The molecule has 0 radical (unpaired) electrons. The maximum atomic E-state index is 11.8. The maximum Gasteiger partial charge on any atom is 0.271 e. The fourth-order valence-electron chi connectivity index (χ4n) is 3.55. The van der Waals surface area contributed by atoms with Crippen LogP contribution in [0.1, 0.15) is 57.9 Å². The third kappa shape index (κ3) is 3.50. The lowest BCUT2D eigenvalue weighted by molar-refractivity contribution is 0.0989. The zero-order valence-electron chi connectivity index (χ0n) is 14.8. The first kappa shape index (κ1) is 17.8. The van der Waals surface area contributed by atoms with Gasteiger partial charge in [0.25, 0.3) is 5.91 Å². The van der Waals surface area contributed by atoms with E-state index in [4.69, 9.17) is 10.3 Å². The van der Waals surface area contributed by atoms with E-state index in [2.05, 4.69) is 15.4 Å². The molecule has 0 spiro atoms. The lowest BCUT2D eigenvalue weighted by atomic mass is 9.69. The normalized spacial score (nSPS) is 20.2. The second-order valence-electron chi connectivity index (χ2n) is 6.95. The van der Waals surface area contributed by atoms with Crippen LogP contribution < -0.4 is 5.73 Å². The van der Waals surface area contributed by atoms with Crippen LogP contribution in [0, 0.1) is 5.92 Å². The average Bonchev–Trinajstić information content (AvgIpc) is 3.25. The van der Waals surface area contributed by atoms with Gasteiger partial charge in [-0.3, -0.25) is 4.79 Å². The molecule has 1 fully saturated rings. The van der Waals surface area contributed by atoms with E-state index in [1.807, 2.05) is 30.3 Å². The number of primary amides is 1. The highest BCUT2D eigenvalue weighted by molar-refractivity contribution is 7.11. The minimum atomic E-state index is -0.589. The molecule has 1 atom stereocenters. The molecule has 1 aliphatic rings. The Morgan fingerprint density at radius 2 is 2.07 bits per heavy atom. The molecule has 2 heterocycles. The van der Waals surface area contributed by atoms with Crippen molar-refractivity contribution in [3.8, 4) is 11.3 Å². The minimum Gasteiger partial charge on any atom is -0.386 e. The van der Waals surface area contributed by atoms with Crippen molar-refractivity contribution >= 4 is 17.2 Å². The van der Waals surface area contributed by atoms with E-state index in [0.29, 0.717) is 16.7 Å². The summed E-state index contributed by atoms with van der Waals surface area (Å²) in [6.07, 6.45) is 2.04. The van der Waals surface area contributed by atoms with E-state index < -0.39 is 12.0 Å². The van der Waals surface area contributed by atoms with Gasteiger partial charge in [0, 0.05) is 17.5 Å². The molecule has 2 aromatic heterocycles. The molecule has 140 valence electrons. The van der Waals surface area contributed by atoms with E-state index in [1.54, 1.807) is 6.92 Å². The number of carbonyl (C=O) groups is 1. The van der Waals surface area contributed by atoms with Crippen molar-refractivity contribution in [2.24, 2.45) is 11.7 Å². The lowest BCUT2D eigenvalue weighted by Gasteiger charge is -2.35. The quantitative estimate of drug-likeness (QED) is 0.675. The van der Waals surface area contributed by atoms with Gasteiger partial charge in [0.15, 0.2) is 11.5 Å². The van der Waals surface area contributed by atoms with E-state index in [9.17, 15) is 9.90 Å². The summed E-state index contributed by atoms with van der Waals surface area (Å²) in [5.41, 5.74) is 7.44. The predicted molar refractivity (Wildman–Crippen MR) is 100 cm³/mol. The largest absolute Gasteiger partial charge is 0.386 e. The maximum absolute atomic E-state index is 11.8. The monoisotopic (exact) mass is 384 g/mol. The summed E-state index contributed by atoms with van der Waals surface area (Å²) in [7, 11) is 0. The van der Waals surface area contributed by atoms with Crippen molar-refractivity contribution in [2.45, 2.75) is 38.2 Å². The predicted octanol–water partition coefficient (Wildman–Crippen LogP) is 3.08. The first-order valence-corrected chi connectivity index (χ1v) is 9.69. The third-order valence-corrected chi connectivity index (χ3v) is 6.06. The highest BCUT2D eigenvalue weighted by Crippen LogP contribution is 2.47. The van der Waals surface area contributed by atoms with E-state index in [1.165, 1.54) is 11.3 Å². The van der Waals surface area contributed by atoms with Crippen molar-refractivity contribution in [1.82, 2.24) is 15.4 Å². The summed E-state index contributed by atoms with van der Waals surface area (Å²) in [5, 5.41) is 23.3. The molecular weight excluding hydrogens is 364 g/mol. The van der Waals surface area contributed by atoms with E-state index >= 15 is 0 Å². The molecule has 0 aliphatic heterocycles. The van der Waals surface area contributed by atoms with Crippen LogP contribution in [-0.4, -0.2) is 26.4 Å². The Morgan fingerprint density at radius 3 is 2.70 bits per heavy atom. The van der Waals surface area contributed by atoms with Crippen molar-refractivity contribution < 1.29 is 14.4 Å². The van der Waals surface area contributed by atoms with Crippen molar-refractivity contribution in [3.63, 3.8) is 0 Å². The number of nitrogens with two attached hydrogens (primary N) is 1. The number of nitrogens with zero attached hydrogens (tertiary/aromatic N) is 3. The number of aromatic nitrogens is 3. The molecule has 0 saturated heterocycles. The number of hydrogen-bond donors (Lipinski definition) is 2. The first-order valence-electron chi connectivity index (χ1n) is 8.88. The Hall–Kier alpha value is -2.58. The molecule has 3 N–H and O–H groups in total. The fourth-order valence-corrected chi connectivity index (χ4v) is 4.45. The third-order valence-electron chi connectivity index (χ3n) is 4.94. The van der Waals surface area contributed by atoms with Gasteiger partial charge in [-0.25, -0.2) is 0 Å². The topological polar surface area (TPSA) is 115 Å². The van der Waals surface area contributed by atoms with Gasteiger partial charge in [-0.05, 0) is 31.6 Å². The molecular formula is C19H20N4O3S. The van der Waals surface area contributed by atoms with Crippen LogP contribution in [0.3, 0.4) is 0 Å². The van der Waals surface area contributed by atoms with Gasteiger partial charge in [-0.2, -0.15) is 0 Å². The summed E-state index contributed by atoms with van der Waals surface area (Å²) in [6.45, 7) is 1.69. The van der Waals surface area contributed by atoms with Crippen LogP contribution in [0.4, 0.5) is 0 Å². The molecule has 1 aromatic carbocycles. The standard InChI is InChI=1S/C19H20N4O3S/c1-10(24)19-22-21-14(27-19)9-11-7-13(8-11)15-16(18(20)25)23-26-17(15)12-5-3-2-4-6-12/h2-6,10-11,13,24H,7-9H2,1H3,(H2,20,25). The smallest absolute Gasteiger partial charge is 0.271 e. The highest BCUT2D eigenvalue weighted by atomic mass is 32.1. The Labute approximate surface area is 160 Å². The fraction of sp³-hybridized carbons (Fsp3) is 0.368. The summed E-state index contributed by atoms with van der Waals surface area (Å²) in [5.74, 6) is 0.692. The minimum absolute atomic E-state index is 0.183. The molecule has 8 heteroatoms. The van der Waals surface area contributed by atoms with E-state index in [0.717, 1.165) is 35.4 Å². The number of aliphatic hydroxyl groups is 1. The average molecular weight is 384 g/mol. The van der Waals surface area contributed by atoms with Crippen LogP contribution in [0.25, 0.3) is 11.3 Å². The molecule has 1 aliphatic carbocycles. The zero-order valence-corrected chi connectivity index (χ0v) is 15.6. The Kier molecular flexibility index (Phi) is 4.75. The second kappa shape index (κ2) is 7.21. The first-order chi connectivity index (χ1) is 13.0. The van der Waals surface area contributed by atoms with Crippen LogP contribution in [0.5, 0.6) is 0 Å². The number of carbonyl (C=O) groups excluding carboxylic acids is 1. The zero-order chi connectivity index (χ0) is 19.0. The van der Waals surface area contributed by atoms with Crippen LogP contribution in [0.15, 0.2) is 34.9 Å². The summed E-state index contributed by atoms with van der Waals surface area (Å²) < 4.78 is 5.48. The highest BCUT2D eigenvalue weighted by Gasteiger charge is 2.37. The van der Waals surface area contributed by atoms with Crippen LogP contribution >= 0.6 is 11.3 Å². The summed E-state index contributed by atoms with van der Waals surface area (Å²) in [6, 6.07) is 9.64. The van der Waals surface area contributed by atoms with Crippen molar-refractivity contribution in [1.29, 1.82) is 0 Å². The Balaban J connectivity index is 1.51. The van der Waals surface area contributed by atoms with Crippen molar-refractivity contribution in [2.75, 3.05) is 0 Å². The molecule has 0 bridgehead atoms. The number of hydrogen-bond acceptors (Lipinski definition) is 7. The second-order valence-corrected chi connectivity index (χ2v) is 8.05. The van der Waals surface area contributed by atoms with Crippen LogP contribution in [-0.2, 0) is 6.42 Å². The van der Waals surface area contributed by atoms with Gasteiger partial charge in [-0.15, -0.1) is 10.2 Å². The molecule has 3 aromatic rings. The van der Waals surface area contributed by atoms with Gasteiger partial charge in [-0.1, -0.05) is 46.8 Å². The van der Waals surface area contributed by atoms with Crippen molar-refractivity contribution in [3.05, 3.63) is 51.6 Å². The van der Waals surface area contributed by atoms with Gasteiger partial charge in [0.1, 0.15) is 16.1 Å². The molecule has 7 nitrogen and oxygen atoms in total. The molecule has 1 unspecified atom stereocenters. The molecule has 1 amide bonds. The molecule has 1 saturated carbocycles. The SMILES string of the molecule is CC(O)c1nnc(CC2CC(c3c(C(N)=O)noc3-c3ccccc3)C2)s1. The number of benzene rings is 1.